The SMILES string of the molecule is CCc1cnc(CC(=O)O)cc1C(Oc1ccc(Cl)cc1)c1cc(F)ccc1F. The smallest absolute Gasteiger partial charge is 0.309 e. The van der Waals surface area contributed by atoms with Crippen molar-refractivity contribution in [3.8, 4) is 5.75 Å². The van der Waals surface area contributed by atoms with Gasteiger partial charge in [-0.05, 0) is 60.5 Å². The van der Waals surface area contributed by atoms with Crippen molar-refractivity contribution < 1.29 is 23.4 Å². The Kier molecular flexibility index (Phi) is 6.44. The summed E-state index contributed by atoms with van der Waals surface area (Å²) in [6.07, 6.45) is 0.796. The van der Waals surface area contributed by atoms with Crippen molar-refractivity contribution in [3.63, 3.8) is 0 Å². The highest BCUT2D eigenvalue weighted by Gasteiger charge is 2.24. The highest BCUT2D eigenvalue weighted by atomic mass is 35.5. The van der Waals surface area contributed by atoms with E-state index in [0.717, 1.165) is 23.8 Å². The molecule has 0 fully saturated rings. The van der Waals surface area contributed by atoms with Crippen LogP contribution in [0.25, 0.3) is 0 Å². The van der Waals surface area contributed by atoms with Crippen molar-refractivity contribution in [3.05, 3.63) is 93.8 Å². The molecular weight excluding hydrogens is 400 g/mol. The molecule has 0 aliphatic carbocycles. The van der Waals surface area contributed by atoms with Gasteiger partial charge >= 0.3 is 5.97 Å². The van der Waals surface area contributed by atoms with E-state index in [1.807, 2.05) is 6.92 Å². The Morgan fingerprint density at radius 3 is 2.52 bits per heavy atom. The second kappa shape index (κ2) is 9.01. The Balaban J connectivity index is 2.15. The summed E-state index contributed by atoms with van der Waals surface area (Å²) in [6, 6.07) is 11.2. The molecule has 1 unspecified atom stereocenters. The van der Waals surface area contributed by atoms with Crippen LogP contribution in [0, 0.1) is 11.6 Å². The lowest BCUT2D eigenvalue weighted by atomic mass is 9.95. The van der Waals surface area contributed by atoms with E-state index < -0.39 is 23.7 Å². The molecule has 2 aromatic carbocycles. The Morgan fingerprint density at radius 1 is 1.14 bits per heavy atom. The molecule has 0 bridgehead atoms. The van der Waals surface area contributed by atoms with Crippen LogP contribution in [0.5, 0.6) is 5.75 Å². The normalized spacial score (nSPS) is 11.9. The number of halogens is 3. The molecule has 1 aromatic heterocycles. The Labute approximate surface area is 171 Å². The minimum Gasteiger partial charge on any atom is -0.481 e. The van der Waals surface area contributed by atoms with Gasteiger partial charge in [-0.1, -0.05) is 18.5 Å². The van der Waals surface area contributed by atoms with Crippen molar-refractivity contribution in [2.24, 2.45) is 0 Å². The van der Waals surface area contributed by atoms with Crippen LogP contribution in [0.2, 0.25) is 5.02 Å². The lowest BCUT2D eigenvalue weighted by Gasteiger charge is -2.23. The molecule has 29 heavy (non-hydrogen) atoms. The molecule has 3 aromatic rings. The summed E-state index contributed by atoms with van der Waals surface area (Å²) in [7, 11) is 0. The topological polar surface area (TPSA) is 59.4 Å². The van der Waals surface area contributed by atoms with Crippen molar-refractivity contribution in [1.29, 1.82) is 0 Å². The fourth-order valence-corrected chi connectivity index (χ4v) is 3.12. The van der Waals surface area contributed by atoms with E-state index in [9.17, 15) is 13.6 Å². The number of aliphatic carboxylic acids is 1. The molecule has 4 nitrogen and oxygen atoms in total. The molecule has 0 saturated heterocycles. The number of benzene rings is 2. The van der Waals surface area contributed by atoms with Gasteiger partial charge in [0.15, 0.2) is 6.10 Å². The van der Waals surface area contributed by atoms with Gasteiger partial charge in [-0.2, -0.15) is 0 Å². The Hall–Kier alpha value is -2.99. The minimum absolute atomic E-state index is 0.00197. The number of aryl methyl sites for hydroxylation is 1. The standard InChI is InChI=1S/C22H18ClF2NO3/c1-2-13-12-26-16(11-21(27)28)10-18(13)22(19-9-15(24)5-8-20(19)25)29-17-6-3-14(23)4-7-17/h3-10,12,22H,2,11H2,1H3,(H,27,28). The lowest BCUT2D eigenvalue weighted by molar-refractivity contribution is -0.136. The maximum atomic E-state index is 14.6. The third kappa shape index (κ3) is 5.09. The van der Waals surface area contributed by atoms with Crippen LogP contribution in [-0.4, -0.2) is 16.1 Å². The molecule has 3 rings (SSSR count). The number of nitrogens with zero attached hydrogens (tertiary/aromatic N) is 1. The van der Waals surface area contributed by atoms with Crippen LogP contribution in [0.3, 0.4) is 0 Å². The summed E-state index contributed by atoms with van der Waals surface area (Å²) in [5.74, 6) is -1.88. The van der Waals surface area contributed by atoms with Crippen molar-refractivity contribution >= 4 is 17.6 Å². The minimum atomic E-state index is -1.04. The summed E-state index contributed by atoms with van der Waals surface area (Å²) in [4.78, 5) is 15.3. The third-order valence-corrected chi connectivity index (χ3v) is 4.63. The fraction of sp³-hybridized carbons (Fsp3) is 0.182. The molecule has 1 N–H and O–H groups in total. The second-order valence-electron chi connectivity index (χ2n) is 6.42. The second-order valence-corrected chi connectivity index (χ2v) is 6.85. The molecule has 1 atom stereocenters. The first kappa shape index (κ1) is 20.7. The van der Waals surface area contributed by atoms with E-state index in [1.54, 1.807) is 36.5 Å². The summed E-state index contributed by atoms with van der Waals surface area (Å²) in [5, 5.41) is 9.60. The van der Waals surface area contributed by atoms with Gasteiger partial charge in [-0.3, -0.25) is 9.78 Å². The molecule has 0 radical (unpaired) electrons. The first-order chi connectivity index (χ1) is 13.9. The van der Waals surface area contributed by atoms with Gasteiger partial charge in [0.05, 0.1) is 12.1 Å². The van der Waals surface area contributed by atoms with Crippen LogP contribution < -0.4 is 4.74 Å². The van der Waals surface area contributed by atoms with Crippen molar-refractivity contribution in [1.82, 2.24) is 4.98 Å². The lowest BCUT2D eigenvalue weighted by Crippen LogP contribution is -2.15. The number of carboxylic acids is 1. The monoisotopic (exact) mass is 417 g/mol. The molecule has 0 saturated carbocycles. The summed E-state index contributed by atoms with van der Waals surface area (Å²) in [5.41, 5.74) is 1.56. The Bertz CT molecular complexity index is 1030. The van der Waals surface area contributed by atoms with Gasteiger partial charge < -0.3 is 9.84 Å². The van der Waals surface area contributed by atoms with E-state index in [-0.39, 0.29) is 12.0 Å². The molecule has 0 aliphatic heterocycles. The number of hydrogen-bond donors (Lipinski definition) is 1. The number of hydrogen-bond acceptors (Lipinski definition) is 3. The van der Waals surface area contributed by atoms with Crippen LogP contribution >= 0.6 is 11.6 Å². The van der Waals surface area contributed by atoms with E-state index in [4.69, 9.17) is 21.4 Å². The largest absolute Gasteiger partial charge is 0.481 e. The van der Waals surface area contributed by atoms with Gasteiger partial charge in [-0.25, -0.2) is 8.78 Å². The number of ether oxygens (including phenoxy) is 1. The molecular formula is C22H18ClF2NO3. The van der Waals surface area contributed by atoms with Crippen LogP contribution in [0.15, 0.2) is 54.7 Å². The van der Waals surface area contributed by atoms with Crippen LogP contribution in [0.1, 0.15) is 35.4 Å². The zero-order chi connectivity index (χ0) is 21.0. The summed E-state index contributed by atoms with van der Waals surface area (Å²) >= 11 is 5.92. The molecule has 0 aliphatic rings. The van der Waals surface area contributed by atoms with Crippen LogP contribution in [-0.2, 0) is 17.6 Å². The highest BCUT2D eigenvalue weighted by Crippen LogP contribution is 2.33. The molecule has 150 valence electrons. The highest BCUT2D eigenvalue weighted by molar-refractivity contribution is 6.30. The van der Waals surface area contributed by atoms with Gasteiger partial charge in [0.2, 0.25) is 0 Å². The maximum absolute atomic E-state index is 14.6. The van der Waals surface area contributed by atoms with Gasteiger partial charge in [-0.15, -0.1) is 0 Å². The van der Waals surface area contributed by atoms with Crippen molar-refractivity contribution in [2.75, 3.05) is 0 Å². The molecule has 0 amide bonds. The van der Waals surface area contributed by atoms with Crippen molar-refractivity contribution in [2.45, 2.75) is 25.9 Å². The molecule has 7 heteroatoms. The van der Waals surface area contributed by atoms with E-state index in [0.29, 0.717) is 28.5 Å². The number of carboxylic acid groups (broad SMARTS) is 1. The summed E-state index contributed by atoms with van der Waals surface area (Å²) in [6.45, 7) is 1.89. The third-order valence-electron chi connectivity index (χ3n) is 4.38. The first-order valence-corrected chi connectivity index (χ1v) is 9.31. The van der Waals surface area contributed by atoms with Gasteiger partial charge in [0.1, 0.15) is 17.4 Å². The average Bonchev–Trinajstić information content (AvgIpc) is 2.69. The number of aromatic nitrogens is 1. The van der Waals surface area contributed by atoms with E-state index in [1.165, 1.54) is 0 Å². The zero-order valence-corrected chi connectivity index (χ0v) is 16.3. The molecule has 0 spiro atoms. The van der Waals surface area contributed by atoms with Crippen LogP contribution in [0.4, 0.5) is 8.78 Å². The maximum Gasteiger partial charge on any atom is 0.309 e. The van der Waals surface area contributed by atoms with E-state index >= 15 is 0 Å². The van der Waals surface area contributed by atoms with Gasteiger partial charge in [0.25, 0.3) is 0 Å². The quantitative estimate of drug-likeness (QED) is 0.561. The number of pyridine rings is 1. The Morgan fingerprint density at radius 2 is 1.86 bits per heavy atom. The zero-order valence-electron chi connectivity index (χ0n) is 15.5. The predicted octanol–water partition coefficient (Wildman–Crippen LogP) is 5.37. The average molecular weight is 418 g/mol. The number of rotatable bonds is 7. The first-order valence-electron chi connectivity index (χ1n) is 8.94. The number of carbonyl (C=O) groups is 1. The predicted molar refractivity (Wildman–Crippen MR) is 105 cm³/mol. The summed E-state index contributed by atoms with van der Waals surface area (Å²) < 4.78 is 34.6. The van der Waals surface area contributed by atoms with Gasteiger partial charge in [0, 0.05) is 22.3 Å². The molecule has 1 heterocycles. The van der Waals surface area contributed by atoms with E-state index in [2.05, 4.69) is 4.98 Å². The fourth-order valence-electron chi connectivity index (χ4n) is 3.00.